The summed E-state index contributed by atoms with van der Waals surface area (Å²) in [7, 11) is 0. The predicted octanol–water partition coefficient (Wildman–Crippen LogP) is 1.22. The van der Waals surface area contributed by atoms with Crippen molar-refractivity contribution in [3.63, 3.8) is 0 Å². The summed E-state index contributed by atoms with van der Waals surface area (Å²) < 4.78 is 35.2. The van der Waals surface area contributed by atoms with Gasteiger partial charge in [0, 0.05) is 19.5 Å². The number of carbonyl (C=O) groups excluding carboxylic acids is 2. The highest BCUT2D eigenvalue weighted by Gasteiger charge is 2.38. The molecule has 0 bridgehead atoms. The lowest BCUT2D eigenvalue weighted by molar-refractivity contribution is -0.173. The summed E-state index contributed by atoms with van der Waals surface area (Å²) in [4.78, 5) is 21.5. The second kappa shape index (κ2) is 7.13. The zero-order valence-electron chi connectivity index (χ0n) is 9.86. The number of hydrogen-bond acceptors (Lipinski definition) is 2. The summed E-state index contributed by atoms with van der Waals surface area (Å²) >= 11 is 0. The Balaban J connectivity index is 3.54. The first-order valence-corrected chi connectivity index (χ1v) is 5.35. The van der Waals surface area contributed by atoms with Crippen molar-refractivity contribution in [2.45, 2.75) is 32.9 Å². The fourth-order valence-electron chi connectivity index (χ4n) is 1.06. The van der Waals surface area contributed by atoms with Crippen molar-refractivity contribution in [3.05, 3.63) is 0 Å². The molecule has 0 unspecified atom stereocenters. The van der Waals surface area contributed by atoms with Crippen molar-refractivity contribution in [2.24, 2.45) is 5.92 Å². The fourth-order valence-corrected chi connectivity index (χ4v) is 1.06. The van der Waals surface area contributed by atoms with Crippen LogP contribution in [0, 0.1) is 5.92 Å². The van der Waals surface area contributed by atoms with Crippen LogP contribution in [0.5, 0.6) is 0 Å². The van der Waals surface area contributed by atoms with Gasteiger partial charge in [0.15, 0.2) is 0 Å². The molecule has 4 nitrogen and oxygen atoms in total. The standard InChI is InChI=1S/C10H17F3N2O2/c1-7(2)6-8(16)14-4-3-5-15-9(17)10(11,12)13/h7H,3-6H2,1-2H3,(H,14,16)(H,15,17). The Labute approximate surface area is 97.9 Å². The summed E-state index contributed by atoms with van der Waals surface area (Å²) in [6.45, 7) is 3.93. The SMILES string of the molecule is CC(C)CC(=O)NCCCNC(=O)C(F)(F)F. The highest BCUT2D eigenvalue weighted by molar-refractivity contribution is 5.81. The van der Waals surface area contributed by atoms with Crippen LogP contribution in [0.15, 0.2) is 0 Å². The zero-order chi connectivity index (χ0) is 13.5. The average Bonchev–Trinajstić information content (AvgIpc) is 2.14. The summed E-state index contributed by atoms with van der Waals surface area (Å²) in [5, 5.41) is 4.28. The van der Waals surface area contributed by atoms with Crippen LogP contribution in [0.2, 0.25) is 0 Å². The van der Waals surface area contributed by atoms with Gasteiger partial charge in [-0.1, -0.05) is 13.8 Å². The molecule has 17 heavy (non-hydrogen) atoms. The number of halogens is 3. The third kappa shape index (κ3) is 8.53. The second-order valence-electron chi connectivity index (χ2n) is 4.06. The highest BCUT2D eigenvalue weighted by Crippen LogP contribution is 2.13. The molecular formula is C10H17F3N2O2. The van der Waals surface area contributed by atoms with E-state index in [-0.39, 0.29) is 31.3 Å². The zero-order valence-corrected chi connectivity index (χ0v) is 9.86. The highest BCUT2D eigenvalue weighted by atomic mass is 19.4. The minimum absolute atomic E-state index is 0.111. The van der Waals surface area contributed by atoms with E-state index in [2.05, 4.69) is 5.32 Å². The Bertz CT molecular complexity index is 265. The molecule has 0 saturated heterocycles. The third-order valence-electron chi connectivity index (χ3n) is 1.81. The lowest BCUT2D eigenvalue weighted by Crippen LogP contribution is -2.38. The lowest BCUT2D eigenvalue weighted by Gasteiger charge is -2.09. The second-order valence-corrected chi connectivity index (χ2v) is 4.06. The van der Waals surface area contributed by atoms with Crippen molar-refractivity contribution < 1.29 is 22.8 Å². The Morgan fingerprint density at radius 1 is 1.12 bits per heavy atom. The molecule has 0 radical (unpaired) electrons. The maximum atomic E-state index is 11.7. The van der Waals surface area contributed by atoms with E-state index in [1.807, 2.05) is 13.8 Å². The molecule has 0 rings (SSSR count). The first kappa shape index (κ1) is 15.7. The van der Waals surface area contributed by atoms with Gasteiger partial charge in [-0.05, 0) is 12.3 Å². The van der Waals surface area contributed by atoms with Crippen LogP contribution in [-0.2, 0) is 9.59 Å². The molecule has 2 amide bonds. The monoisotopic (exact) mass is 254 g/mol. The molecule has 0 aromatic carbocycles. The number of nitrogens with one attached hydrogen (secondary N) is 2. The van der Waals surface area contributed by atoms with Gasteiger partial charge in [-0.25, -0.2) is 0 Å². The van der Waals surface area contributed by atoms with Crippen molar-refractivity contribution >= 4 is 11.8 Å². The maximum Gasteiger partial charge on any atom is 0.471 e. The first-order chi connectivity index (χ1) is 7.73. The van der Waals surface area contributed by atoms with Gasteiger partial charge in [0.2, 0.25) is 5.91 Å². The van der Waals surface area contributed by atoms with Crippen molar-refractivity contribution in [1.29, 1.82) is 0 Å². The van der Waals surface area contributed by atoms with Gasteiger partial charge in [0.25, 0.3) is 0 Å². The van der Waals surface area contributed by atoms with E-state index >= 15 is 0 Å². The van der Waals surface area contributed by atoms with Gasteiger partial charge in [0.05, 0.1) is 0 Å². The number of amides is 2. The molecule has 0 heterocycles. The Kier molecular flexibility index (Phi) is 6.60. The molecule has 0 fully saturated rings. The molecule has 0 aliphatic rings. The maximum absolute atomic E-state index is 11.7. The van der Waals surface area contributed by atoms with Crippen molar-refractivity contribution in [3.8, 4) is 0 Å². The summed E-state index contributed by atoms with van der Waals surface area (Å²) in [6, 6.07) is 0. The molecule has 100 valence electrons. The fraction of sp³-hybridized carbons (Fsp3) is 0.800. The van der Waals surface area contributed by atoms with Gasteiger partial charge < -0.3 is 10.6 Å². The van der Waals surface area contributed by atoms with Gasteiger partial charge in [-0.3, -0.25) is 9.59 Å². The first-order valence-electron chi connectivity index (χ1n) is 5.35. The van der Waals surface area contributed by atoms with Crippen LogP contribution >= 0.6 is 0 Å². The summed E-state index contributed by atoms with van der Waals surface area (Å²) in [6.07, 6.45) is -4.19. The van der Waals surface area contributed by atoms with Crippen LogP contribution in [0.4, 0.5) is 13.2 Å². The van der Waals surface area contributed by atoms with E-state index in [4.69, 9.17) is 0 Å². The Morgan fingerprint density at radius 2 is 1.65 bits per heavy atom. The number of carbonyl (C=O) groups is 2. The van der Waals surface area contributed by atoms with E-state index < -0.39 is 12.1 Å². The molecule has 0 aromatic rings. The third-order valence-corrected chi connectivity index (χ3v) is 1.81. The molecule has 2 N–H and O–H groups in total. The van der Waals surface area contributed by atoms with Gasteiger partial charge in [0.1, 0.15) is 0 Å². The largest absolute Gasteiger partial charge is 0.471 e. The average molecular weight is 254 g/mol. The topological polar surface area (TPSA) is 58.2 Å². The number of hydrogen-bond donors (Lipinski definition) is 2. The Morgan fingerprint density at radius 3 is 2.12 bits per heavy atom. The molecule has 0 atom stereocenters. The van der Waals surface area contributed by atoms with Gasteiger partial charge >= 0.3 is 12.1 Å². The molecule has 0 aromatic heterocycles. The van der Waals surface area contributed by atoms with Crippen LogP contribution in [-0.4, -0.2) is 31.1 Å². The summed E-state index contributed by atoms with van der Waals surface area (Å²) in [5.41, 5.74) is 0. The minimum atomic E-state index is -4.85. The van der Waals surface area contributed by atoms with Crippen LogP contribution < -0.4 is 10.6 Å². The predicted molar refractivity (Wildman–Crippen MR) is 56.1 cm³/mol. The quantitative estimate of drug-likeness (QED) is 0.700. The van der Waals surface area contributed by atoms with Crippen molar-refractivity contribution in [2.75, 3.05) is 13.1 Å². The Hall–Kier alpha value is -1.27. The van der Waals surface area contributed by atoms with E-state index in [0.717, 1.165) is 0 Å². The molecule has 7 heteroatoms. The van der Waals surface area contributed by atoms with E-state index in [0.29, 0.717) is 6.42 Å². The van der Waals surface area contributed by atoms with Gasteiger partial charge in [-0.2, -0.15) is 13.2 Å². The minimum Gasteiger partial charge on any atom is -0.356 e. The summed E-state index contributed by atoms with van der Waals surface area (Å²) in [5.74, 6) is -1.85. The lowest BCUT2D eigenvalue weighted by atomic mass is 10.1. The molecule has 0 spiro atoms. The normalized spacial score (nSPS) is 11.4. The number of alkyl halides is 3. The smallest absolute Gasteiger partial charge is 0.356 e. The molecule has 0 aliphatic carbocycles. The van der Waals surface area contributed by atoms with Crippen LogP contribution in [0.25, 0.3) is 0 Å². The molecule has 0 saturated carbocycles. The van der Waals surface area contributed by atoms with E-state index in [1.54, 1.807) is 5.32 Å². The van der Waals surface area contributed by atoms with Crippen LogP contribution in [0.3, 0.4) is 0 Å². The van der Waals surface area contributed by atoms with Gasteiger partial charge in [-0.15, -0.1) is 0 Å². The van der Waals surface area contributed by atoms with E-state index in [9.17, 15) is 22.8 Å². The van der Waals surface area contributed by atoms with Crippen LogP contribution in [0.1, 0.15) is 26.7 Å². The molecular weight excluding hydrogens is 237 g/mol. The number of rotatable bonds is 6. The van der Waals surface area contributed by atoms with E-state index in [1.165, 1.54) is 0 Å². The van der Waals surface area contributed by atoms with Crippen molar-refractivity contribution in [1.82, 2.24) is 10.6 Å². The molecule has 0 aliphatic heterocycles.